The number of fused-ring (bicyclic) bond motifs is 1. The van der Waals surface area contributed by atoms with Crippen molar-refractivity contribution in [2.45, 2.75) is 32.1 Å². The molecule has 1 saturated carbocycles. The molecule has 4 heteroatoms. The Morgan fingerprint density at radius 2 is 2.00 bits per heavy atom. The lowest BCUT2D eigenvalue weighted by Gasteiger charge is -2.42. The highest BCUT2D eigenvalue weighted by Gasteiger charge is 2.31. The normalized spacial score (nSPS) is 25.0. The fourth-order valence-electron chi connectivity index (χ4n) is 3.85. The van der Waals surface area contributed by atoms with Crippen LogP contribution in [0.25, 0.3) is 0 Å². The van der Waals surface area contributed by atoms with E-state index in [1.165, 1.54) is 38.2 Å². The maximum Gasteiger partial charge on any atom is 0.335 e. The Morgan fingerprint density at radius 1 is 1.24 bits per heavy atom. The van der Waals surface area contributed by atoms with E-state index >= 15 is 0 Å². The van der Waals surface area contributed by atoms with Gasteiger partial charge in [0.05, 0.1) is 16.8 Å². The second-order valence-electron chi connectivity index (χ2n) is 6.19. The number of carboxylic acids is 1. The average Bonchev–Trinajstić information content (AvgIpc) is 2.53. The van der Waals surface area contributed by atoms with Crippen LogP contribution in [0, 0.1) is 23.2 Å². The lowest BCUT2D eigenvalue weighted by molar-refractivity contribution is 0.0697. The molecule has 4 nitrogen and oxygen atoms in total. The maximum absolute atomic E-state index is 11.0. The Morgan fingerprint density at radius 3 is 2.71 bits per heavy atom. The van der Waals surface area contributed by atoms with Crippen molar-refractivity contribution >= 4 is 11.7 Å². The van der Waals surface area contributed by atoms with Crippen molar-refractivity contribution < 1.29 is 9.90 Å². The largest absolute Gasteiger partial charge is 0.478 e. The Hall–Kier alpha value is -2.02. The van der Waals surface area contributed by atoms with Crippen molar-refractivity contribution in [3.63, 3.8) is 0 Å². The first-order valence-corrected chi connectivity index (χ1v) is 7.71. The quantitative estimate of drug-likeness (QED) is 0.905. The Kier molecular flexibility index (Phi) is 3.83. The highest BCUT2D eigenvalue weighted by Crippen LogP contribution is 2.38. The smallest absolute Gasteiger partial charge is 0.335 e. The summed E-state index contributed by atoms with van der Waals surface area (Å²) in [5.74, 6) is 0.598. The minimum Gasteiger partial charge on any atom is -0.478 e. The molecular formula is C17H20N2O2. The minimum atomic E-state index is -0.982. The molecule has 21 heavy (non-hydrogen) atoms. The van der Waals surface area contributed by atoms with E-state index in [4.69, 9.17) is 5.11 Å². The topological polar surface area (TPSA) is 64.3 Å². The predicted octanol–water partition coefficient (Wildman–Crippen LogP) is 3.27. The molecule has 2 unspecified atom stereocenters. The van der Waals surface area contributed by atoms with Gasteiger partial charge in [-0.05, 0) is 42.9 Å². The standard InChI is InChI=1S/C17H20N2O2/c18-10-15-9-13(17(20)21)5-6-16(15)19-8-7-12-3-1-2-4-14(12)11-19/h5-6,9,12,14H,1-4,7-8,11H2,(H,20,21). The van der Waals surface area contributed by atoms with Crippen molar-refractivity contribution in [1.82, 2.24) is 0 Å². The molecule has 0 aromatic heterocycles. The molecule has 110 valence electrons. The van der Waals surface area contributed by atoms with Gasteiger partial charge < -0.3 is 10.0 Å². The number of carbonyl (C=O) groups is 1. The van der Waals surface area contributed by atoms with Crippen LogP contribution in [0.5, 0.6) is 0 Å². The van der Waals surface area contributed by atoms with Crippen LogP contribution in [0.4, 0.5) is 5.69 Å². The van der Waals surface area contributed by atoms with E-state index in [-0.39, 0.29) is 5.56 Å². The third-order valence-electron chi connectivity index (χ3n) is 5.00. The van der Waals surface area contributed by atoms with E-state index in [0.717, 1.165) is 30.6 Å². The second-order valence-corrected chi connectivity index (χ2v) is 6.19. The van der Waals surface area contributed by atoms with Gasteiger partial charge in [0, 0.05) is 13.1 Å². The van der Waals surface area contributed by atoms with Crippen LogP contribution in [0.1, 0.15) is 48.0 Å². The summed E-state index contributed by atoms with van der Waals surface area (Å²) in [6.07, 6.45) is 6.50. The first-order chi connectivity index (χ1) is 10.2. The number of benzene rings is 1. The van der Waals surface area contributed by atoms with Crippen LogP contribution < -0.4 is 4.90 Å². The third kappa shape index (κ3) is 2.73. The number of nitriles is 1. The molecule has 2 fully saturated rings. The van der Waals surface area contributed by atoms with E-state index in [9.17, 15) is 10.1 Å². The Balaban J connectivity index is 1.83. The average molecular weight is 284 g/mol. The van der Waals surface area contributed by atoms with Crippen molar-refractivity contribution in [2.24, 2.45) is 11.8 Å². The van der Waals surface area contributed by atoms with E-state index in [0.29, 0.717) is 5.56 Å². The predicted molar refractivity (Wildman–Crippen MR) is 80.4 cm³/mol. The highest BCUT2D eigenvalue weighted by molar-refractivity contribution is 5.89. The molecule has 3 rings (SSSR count). The van der Waals surface area contributed by atoms with Crippen LogP contribution in [0.15, 0.2) is 18.2 Å². The molecule has 1 aromatic rings. The molecule has 0 spiro atoms. The molecule has 2 aliphatic rings. The molecule has 0 bridgehead atoms. The second kappa shape index (κ2) is 5.77. The van der Waals surface area contributed by atoms with Crippen LogP contribution in [0.3, 0.4) is 0 Å². The van der Waals surface area contributed by atoms with E-state index in [2.05, 4.69) is 11.0 Å². The summed E-state index contributed by atoms with van der Waals surface area (Å²) >= 11 is 0. The van der Waals surface area contributed by atoms with E-state index in [1.54, 1.807) is 12.1 Å². The molecule has 1 saturated heterocycles. The molecule has 0 amide bonds. The van der Waals surface area contributed by atoms with Crippen molar-refractivity contribution in [1.29, 1.82) is 5.26 Å². The minimum absolute atomic E-state index is 0.183. The van der Waals surface area contributed by atoms with Crippen LogP contribution in [-0.2, 0) is 0 Å². The molecule has 1 heterocycles. The molecule has 1 N–H and O–H groups in total. The fraction of sp³-hybridized carbons (Fsp3) is 0.529. The molecule has 0 radical (unpaired) electrons. The van der Waals surface area contributed by atoms with Gasteiger partial charge in [0.1, 0.15) is 6.07 Å². The number of piperidine rings is 1. The molecule has 2 atom stereocenters. The van der Waals surface area contributed by atoms with E-state index < -0.39 is 5.97 Å². The summed E-state index contributed by atoms with van der Waals surface area (Å²) in [6.45, 7) is 1.98. The number of hydrogen-bond donors (Lipinski definition) is 1. The monoisotopic (exact) mass is 284 g/mol. The lowest BCUT2D eigenvalue weighted by atomic mass is 9.75. The SMILES string of the molecule is N#Cc1cc(C(=O)O)ccc1N1CCC2CCCCC2C1. The first kappa shape index (κ1) is 13.9. The van der Waals surface area contributed by atoms with Crippen LogP contribution in [-0.4, -0.2) is 24.2 Å². The van der Waals surface area contributed by atoms with Gasteiger partial charge in [0.25, 0.3) is 0 Å². The maximum atomic E-state index is 11.0. The fourth-order valence-corrected chi connectivity index (χ4v) is 3.85. The Labute approximate surface area is 125 Å². The van der Waals surface area contributed by atoms with Crippen LogP contribution in [0.2, 0.25) is 0 Å². The lowest BCUT2D eigenvalue weighted by Crippen LogP contribution is -2.42. The summed E-state index contributed by atoms with van der Waals surface area (Å²) in [5.41, 5.74) is 1.55. The summed E-state index contributed by atoms with van der Waals surface area (Å²) in [7, 11) is 0. The van der Waals surface area contributed by atoms with Gasteiger partial charge in [-0.2, -0.15) is 5.26 Å². The van der Waals surface area contributed by atoms with Gasteiger partial charge >= 0.3 is 5.97 Å². The number of nitrogens with zero attached hydrogens (tertiary/aromatic N) is 2. The van der Waals surface area contributed by atoms with Gasteiger partial charge in [0.15, 0.2) is 0 Å². The number of anilines is 1. The van der Waals surface area contributed by atoms with Crippen molar-refractivity contribution in [3.8, 4) is 6.07 Å². The number of carboxylic acid groups (broad SMARTS) is 1. The number of hydrogen-bond acceptors (Lipinski definition) is 3. The van der Waals surface area contributed by atoms with E-state index in [1.807, 2.05) is 0 Å². The van der Waals surface area contributed by atoms with Gasteiger partial charge in [-0.1, -0.05) is 19.3 Å². The summed E-state index contributed by atoms with van der Waals surface area (Å²) in [6, 6.07) is 7.05. The molecule has 1 aliphatic carbocycles. The highest BCUT2D eigenvalue weighted by atomic mass is 16.4. The Bertz CT molecular complexity index is 591. The van der Waals surface area contributed by atoms with Gasteiger partial charge in [-0.3, -0.25) is 0 Å². The van der Waals surface area contributed by atoms with Gasteiger partial charge in [0.2, 0.25) is 0 Å². The summed E-state index contributed by atoms with van der Waals surface area (Å²) in [5, 5.41) is 18.4. The number of aromatic carboxylic acids is 1. The zero-order valence-corrected chi connectivity index (χ0v) is 12.1. The third-order valence-corrected chi connectivity index (χ3v) is 5.00. The number of rotatable bonds is 2. The summed E-state index contributed by atoms with van der Waals surface area (Å²) < 4.78 is 0. The molecule has 1 aromatic carbocycles. The summed E-state index contributed by atoms with van der Waals surface area (Å²) in [4.78, 5) is 13.3. The first-order valence-electron chi connectivity index (χ1n) is 7.71. The van der Waals surface area contributed by atoms with Crippen molar-refractivity contribution in [2.75, 3.05) is 18.0 Å². The van der Waals surface area contributed by atoms with Gasteiger partial charge in [-0.15, -0.1) is 0 Å². The molecular weight excluding hydrogens is 264 g/mol. The van der Waals surface area contributed by atoms with Crippen molar-refractivity contribution in [3.05, 3.63) is 29.3 Å². The van der Waals surface area contributed by atoms with Crippen LogP contribution >= 0.6 is 0 Å². The van der Waals surface area contributed by atoms with Gasteiger partial charge in [-0.25, -0.2) is 4.79 Å². The zero-order valence-electron chi connectivity index (χ0n) is 12.1. The molecule has 1 aliphatic heterocycles. The zero-order chi connectivity index (χ0) is 14.8.